The predicted octanol–water partition coefficient (Wildman–Crippen LogP) is 21.3. The van der Waals surface area contributed by atoms with Crippen molar-refractivity contribution in [3.8, 4) is 0 Å². The van der Waals surface area contributed by atoms with Crippen LogP contribution in [0, 0.1) is 0 Å². The molecule has 0 saturated carbocycles. The Morgan fingerprint density at radius 3 is 0.842 bits per heavy atom. The molecule has 0 radical (unpaired) electrons. The Bertz CT molecular complexity index is 2330. The fourth-order valence-corrected chi connectivity index (χ4v) is 38.5. The molecule has 6 aliphatic heterocycles. The standard InChI is InChI=1S/C46H54O6S24/c1-48-28(47)27-11-9-26(10-12-27)25-64-38-35(59-8)71-45(74-38)46-75-39(62-23-19-51-15-13-49-17-21-60-36-33(57-6)69-43(72-36)41-65-29(53-2)30(54-3)66-41)40(76-46)63-24-20-52-16-14-50-18-22-61-37-34(58-7)70-44(73-37)42-67-31(55-4)32(56-5)68-42/h9-12H,13-25H2,1-8H3. The van der Waals surface area contributed by atoms with E-state index in [1.807, 2.05) is 307 Å². The van der Waals surface area contributed by atoms with Gasteiger partial charge in [0.1, 0.15) is 0 Å². The number of hydrogen-bond donors (Lipinski definition) is 0. The maximum absolute atomic E-state index is 12.0. The molecule has 0 unspecified atom stereocenters. The fraction of sp³-hybridized carbons (Fsp3) is 0.457. The van der Waals surface area contributed by atoms with Crippen molar-refractivity contribution in [2.45, 2.75) is 5.75 Å². The van der Waals surface area contributed by atoms with E-state index in [2.05, 4.69) is 43.8 Å². The maximum Gasteiger partial charge on any atom is 0.337 e. The highest BCUT2D eigenvalue weighted by Gasteiger charge is 2.33. The van der Waals surface area contributed by atoms with E-state index in [1.165, 1.54) is 88.9 Å². The first-order valence-corrected chi connectivity index (χ1v) is 45.7. The van der Waals surface area contributed by atoms with Crippen LogP contribution in [-0.2, 0) is 29.4 Å². The number of ether oxygens (including phenoxy) is 5. The Morgan fingerprint density at radius 1 is 0.342 bits per heavy atom. The van der Waals surface area contributed by atoms with Crippen LogP contribution in [0.3, 0.4) is 0 Å². The molecule has 0 atom stereocenters. The SMILES string of the molecule is COC(=O)c1ccc(CSC2=C(SC)SC(=C3SC(SCCOCCOCCSC4=C(SC)SC(=C5SC(SC)=C(SC)S5)S4)=C(SCCOCCOCCSC4=C(SC)SC(=C5SC(SC)=C(SC)S5)S4)S3)S2)cc1. The molecule has 1 aromatic rings. The highest BCUT2D eigenvalue weighted by atomic mass is 32.3. The van der Waals surface area contributed by atoms with Crippen molar-refractivity contribution in [3.63, 3.8) is 0 Å². The fourth-order valence-electron chi connectivity index (χ4n) is 5.87. The molecule has 7 rings (SSSR count). The van der Waals surface area contributed by atoms with Gasteiger partial charge in [0.2, 0.25) is 0 Å². The Morgan fingerprint density at radius 2 is 0.579 bits per heavy atom. The zero-order valence-corrected chi connectivity index (χ0v) is 61.8. The molecule has 0 aliphatic carbocycles. The Kier molecular flexibility index (Phi) is 34.1. The Labute approximate surface area is 552 Å². The van der Waals surface area contributed by atoms with E-state index in [-0.39, 0.29) is 5.97 Å². The maximum atomic E-state index is 12.0. The van der Waals surface area contributed by atoms with E-state index >= 15 is 0 Å². The van der Waals surface area contributed by atoms with Gasteiger partial charge >= 0.3 is 5.97 Å². The van der Waals surface area contributed by atoms with E-state index in [1.54, 1.807) is 0 Å². The van der Waals surface area contributed by atoms with Gasteiger partial charge in [-0.25, -0.2) is 4.79 Å². The normalized spacial score (nSPS) is 18.5. The molecule has 0 spiro atoms. The van der Waals surface area contributed by atoms with Crippen molar-refractivity contribution in [2.24, 2.45) is 0 Å². The van der Waals surface area contributed by atoms with Crippen molar-refractivity contribution in [1.82, 2.24) is 0 Å². The Balaban J connectivity index is 0.818. The smallest absolute Gasteiger partial charge is 0.337 e. The minimum atomic E-state index is -0.310. The van der Waals surface area contributed by atoms with Crippen LogP contribution < -0.4 is 0 Å². The van der Waals surface area contributed by atoms with Crippen molar-refractivity contribution in [2.75, 3.05) is 127 Å². The van der Waals surface area contributed by atoms with Crippen molar-refractivity contribution in [1.29, 1.82) is 0 Å². The van der Waals surface area contributed by atoms with Gasteiger partial charge in [-0.05, 0) is 61.5 Å². The molecule has 0 saturated heterocycles. The second-order valence-electron chi connectivity index (χ2n) is 14.1. The van der Waals surface area contributed by atoms with Gasteiger partial charge in [0.15, 0.2) is 0 Å². The van der Waals surface area contributed by atoms with E-state index < -0.39 is 0 Å². The van der Waals surface area contributed by atoms with Gasteiger partial charge in [-0.2, -0.15) is 0 Å². The molecule has 0 aromatic heterocycles. The Hall–Kier alpha value is 4.59. The molecule has 6 aliphatic rings. The van der Waals surface area contributed by atoms with Crippen molar-refractivity contribution >= 4 is 288 Å². The molecular weight excluding hydrogens is 1420 g/mol. The number of benzene rings is 1. The topological polar surface area (TPSA) is 63.2 Å². The molecule has 6 nitrogen and oxygen atoms in total. The molecule has 30 heteroatoms. The largest absolute Gasteiger partial charge is 0.465 e. The van der Waals surface area contributed by atoms with Crippen molar-refractivity contribution < 1.29 is 28.5 Å². The number of carbonyl (C=O) groups is 1. The van der Waals surface area contributed by atoms with Crippen LogP contribution in [0.5, 0.6) is 0 Å². The molecule has 0 N–H and O–H groups in total. The number of methoxy groups -OCH3 is 1. The molecule has 76 heavy (non-hydrogen) atoms. The molecule has 0 fully saturated rings. The van der Waals surface area contributed by atoms with Crippen LogP contribution in [0.25, 0.3) is 0 Å². The second kappa shape index (κ2) is 38.1. The van der Waals surface area contributed by atoms with Gasteiger partial charge in [0.25, 0.3) is 0 Å². The number of rotatable bonds is 33. The van der Waals surface area contributed by atoms with Gasteiger partial charge in [-0.15, -0.1) is 141 Å². The second-order valence-corrected chi connectivity index (χ2v) is 42.2. The number of esters is 1. The summed E-state index contributed by atoms with van der Waals surface area (Å²) in [5.41, 5.74) is 1.75. The summed E-state index contributed by atoms with van der Waals surface area (Å²) in [5.74, 6) is 4.14. The summed E-state index contributed by atoms with van der Waals surface area (Å²) in [6, 6.07) is 7.73. The van der Waals surface area contributed by atoms with Crippen molar-refractivity contribution in [3.05, 3.63) is 112 Å². The molecular formula is C46H54O6S24. The van der Waals surface area contributed by atoms with Crippen LogP contribution >= 0.6 is 282 Å². The van der Waals surface area contributed by atoms with Gasteiger partial charge in [0.05, 0.1) is 142 Å². The zero-order chi connectivity index (χ0) is 53.7. The summed E-state index contributed by atoms with van der Waals surface area (Å²) in [7, 11) is 1.42. The first kappa shape index (κ1) is 68.1. The molecule has 0 amide bonds. The summed E-state index contributed by atoms with van der Waals surface area (Å²) < 4.78 is 54.2. The summed E-state index contributed by atoms with van der Waals surface area (Å²) >= 11 is 45.4. The monoisotopic (exact) mass is 1470 g/mol. The number of hydrogen-bond acceptors (Lipinski definition) is 30. The molecule has 418 valence electrons. The third kappa shape index (κ3) is 21.1. The summed E-state index contributed by atoms with van der Waals surface area (Å²) in [4.78, 5) is 12.0. The summed E-state index contributed by atoms with van der Waals surface area (Å²) in [6.45, 7) is 5.14. The predicted molar refractivity (Wildman–Crippen MR) is 391 cm³/mol. The van der Waals surface area contributed by atoms with Crippen LogP contribution in [0.4, 0.5) is 0 Å². The third-order valence-electron chi connectivity index (χ3n) is 9.35. The van der Waals surface area contributed by atoms with Crippen LogP contribution in [0.2, 0.25) is 0 Å². The van der Waals surface area contributed by atoms with Gasteiger partial charge in [-0.3, -0.25) is 0 Å². The summed E-state index contributed by atoms with van der Waals surface area (Å²) in [5, 5.41) is 0. The lowest BCUT2D eigenvalue weighted by Gasteiger charge is -2.08. The molecule has 0 bridgehead atoms. The summed E-state index contributed by atoms with van der Waals surface area (Å²) in [6.07, 6.45) is 15.2. The molecule has 6 heterocycles. The first-order chi connectivity index (χ1) is 37.2. The van der Waals surface area contributed by atoms with Gasteiger partial charge < -0.3 is 23.7 Å². The first-order valence-electron chi connectivity index (χ1n) is 22.5. The van der Waals surface area contributed by atoms with Crippen LogP contribution in [-0.4, -0.2) is 133 Å². The van der Waals surface area contributed by atoms with E-state index in [9.17, 15) is 4.79 Å². The quantitative estimate of drug-likeness (QED) is 0.0495. The highest BCUT2D eigenvalue weighted by Crippen LogP contribution is 2.68. The zero-order valence-electron chi connectivity index (χ0n) is 42.2. The lowest BCUT2D eigenvalue weighted by atomic mass is 10.1. The lowest BCUT2D eigenvalue weighted by molar-refractivity contribution is 0.0600. The highest BCUT2D eigenvalue weighted by molar-refractivity contribution is 8.47. The lowest BCUT2D eigenvalue weighted by Crippen LogP contribution is -2.08. The van der Waals surface area contributed by atoms with Crippen LogP contribution in [0.1, 0.15) is 15.9 Å². The van der Waals surface area contributed by atoms with Gasteiger partial charge in [-0.1, -0.05) is 153 Å². The minimum Gasteiger partial charge on any atom is -0.465 e. The minimum absolute atomic E-state index is 0.310. The molecule has 1 aromatic carbocycles. The van der Waals surface area contributed by atoms with E-state index in [0.717, 1.165) is 28.8 Å². The average molecular weight is 1470 g/mol. The number of thioether (sulfide) groups is 24. The van der Waals surface area contributed by atoms with Gasteiger partial charge in [0, 0.05) is 28.8 Å². The van der Waals surface area contributed by atoms with E-state index in [4.69, 9.17) is 23.7 Å². The third-order valence-corrected chi connectivity index (χ3v) is 42.9. The number of carbonyl (C=O) groups excluding carboxylic acids is 1. The van der Waals surface area contributed by atoms with E-state index in [0.29, 0.717) is 58.4 Å². The average Bonchev–Trinajstić information content (AvgIpc) is 4.35. The van der Waals surface area contributed by atoms with Crippen LogP contribution in [0.15, 0.2) is 101 Å².